The van der Waals surface area contributed by atoms with Crippen LogP contribution in [0.1, 0.15) is 32.8 Å². The number of carbonyl (C=O) groups excluding carboxylic acids is 1. The van der Waals surface area contributed by atoms with E-state index in [9.17, 15) is 9.00 Å². The summed E-state index contributed by atoms with van der Waals surface area (Å²) in [5.41, 5.74) is 0.425. The molecule has 128 valence electrons. The lowest BCUT2D eigenvalue weighted by molar-refractivity contribution is 0.0289. The molecule has 2 heterocycles. The Hall–Kier alpha value is -1.14. The fraction of sp³-hybridized carbons (Fsp3) is 0.625. The number of pyridine rings is 1. The van der Waals surface area contributed by atoms with Crippen LogP contribution in [0.5, 0.6) is 0 Å². The Morgan fingerprint density at radius 3 is 2.83 bits per heavy atom. The zero-order valence-corrected chi connectivity index (χ0v) is 15.3. The summed E-state index contributed by atoms with van der Waals surface area (Å²) in [5, 5.41) is 0.434. The fourth-order valence-electron chi connectivity index (χ4n) is 2.46. The first kappa shape index (κ1) is 18.2. The van der Waals surface area contributed by atoms with Crippen LogP contribution in [0.2, 0.25) is 5.15 Å². The Labute approximate surface area is 144 Å². The molecule has 5 nitrogen and oxygen atoms in total. The molecule has 1 saturated heterocycles. The molecule has 23 heavy (non-hydrogen) atoms. The predicted molar refractivity (Wildman–Crippen MR) is 91.9 cm³/mol. The SMILES string of the molecule is CC(C)(C)OC(=O)N1CCC(CS(=O)Cc2ccc(Cl)nc2)C1. The Kier molecular flexibility index (Phi) is 6.03. The van der Waals surface area contributed by atoms with E-state index < -0.39 is 16.4 Å². The highest BCUT2D eigenvalue weighted by Gasteiger charge is 2.30. The quantitative estimate of drug-likeness (QED) is 0.775. The molecule has 0 aromatic carbocycles. The van der Waals surface area contributed by atoms with Gasteiger partial charge >= 0.3 is 6.09 Å². The highest BCUT2D eigenvalue weighted by atomic mass is 35.5. The van der Waals surface area contributed by atoms with Gasteiger partial charge in [0.1, 0.15) is 10.8 Å². The average Bonchev–Trinajstić information content (AvgIpc) is 2.88. The highest BCUT2D eigenvalue weighted by Crippen LogP contribution is 2.21. The number of amides is 1. The van der Waals surface area contributed by atoms with E-state index in [1.54, 1.807) is 17.2 Å². The van der Waals surface area contributed by atoms with E-state index in [0.717, 1.165) is 12.0 Å². The van der Waals surface area contributed by atoms with Crippen LogP contribution in [-0.2, 0) is 21.3 Å². The van der Waals surface area contributed by atoms with Gasteiger partial charge in [-0.05, 0) is 44.7 Å². The van der Waals surface area contributed by atoms with Gasteiger partial charge in [-0.15, -0.1) is 0 Å². The molecule has 2 unspecified atom stereocenters. The number of hydrogen-bond acceptors (Lipinski definition) is 4. The van der Waals surface area contributed by atoms with Crippen molar-refractivity contribution >= 4 is 28.5 Å². The monoisotopic (exact) mass is 358 g/mol. The van der Waals surface area contributed by atoms with Gasteiger partial charge in [0.25, 0.3) is 0 Å². The number of nitrogens with zero attached hydrogens (tertiary/aromatic N) is 2. The third-order valence-corrected chi connectivity index (χ3v) is 5.20. The molecule has 1 aliphatic rings. The van der Waals surface area contributed by atoms with E-state index in [2.05, 4.69) is 4.98 Å². The molecule has 0 saturated carbocycles. The fourth-order valence-corrected chi connectivity index (χ4v) is 4.03. The third-order valence-electron chi connectivity index (χ3n) is 3.48. The second-order valence-electron chi connectivity index (χ2n) is 6.82. The molecule has 1 amide bonds. The lowest BCUT2D eigenvalue weighted by atomic mass is 10.2. The Morgan fingerprint density at radius 2 is 2.22 bits per heavy atom. The third kappa shape index (κ3) is 6.11. The van der Waals surface area contributed by atoms with E-state index in [4.69, 9.17) is 16.3 Å². The van der Waals surface area contributed by atoms with Crippen molar-refractivity contribution in [2.75, 3.05) is 18.8 Å². The van der Waals surface area contributed by atoms with Crippen LogP contribution in [0.25, 0.3) is 0 Å². The summed E-state index contributed by atoms with van der Waals surface area (Å²) in [7, 11) is -0.977. The minimum absolute atomic E-state index is 0.253. The zero-order valence-electron chi connectivity index (χ0n) is 13.8. The summed E-state index contributed by atoms with van der Waals surface area (Å²) >= 11 is 5.74. The highest BCUT2D eigenvalue weighted by molar-refractivity contribution is 7.84. The van der Waals surface area contributed by atoms with Gasteiger partial charge in [-0.3, -0.25) is 4.21 Å². The van der Waals surface area contributed by atoms with E-state index in [1.807, 2.05) is 26.8 Å². The van der Waals surface area contributed by atoms with Gasteiger partial charge in [-0.2, -0.15) is 0 Å². The van der Waals surface area contributed by atoms with Gasteiger partial charge in [0, 0.05) is 35.8 Å². The molecule has 0 aliphatic carbocycles. The molecule has 1 aromatic heterocycles. The molecule has 0 radical (unpaired) electrons. The van der Waals surface area contributed by atoms with Crippen LogP contribution < -0.4 is 0 Å². The minimum Gasteiger partial charge on any atom is -0.444 e. The number of hydrogen-bond donors (Lipinski definition) is 0. The lowest BCUT2D eigenvalue weighted by Gasteiger charge is -2.24. The van der Waals surface area contributed by atoms with Crippen molar-refractivity contribution in [3.8, 4) is 0 Å². The van der Waals surface area contributed by atoms with Gasteiger partial charge in [0.2, 0.25) is 0 Å². The molecule has 1 aromatic rings. The van der Waals surface area contributed by atoms with Gasteiger partial charge in [0.05, 0.1) is 5.75 Å². The molecule has 0 N–H and O–H groups in total. The predicted octanol–water partition coefficient (Wildman–Crippen LogP) is 3.24. The number of halogens is 1. The van der Waals surface area contributed by atoms with Crippen molar-refractivity contribution < 1.29 is 13.7 Å². The first-order valence-corrected chi connectivity index (χ1v) is 9.53. The smallest absolute Gasteiger partial charge is 0.410 e. The molecular weight excluding hydrogens is 336 g/mol. The summed E-state index contributed by atoms with van der Waals surface area (Å²) < 4.78 is 17.6. The number of carbonyl (C=O) groups is 1. The zero-order chi connectivity index (χ0) is 17.0. The first-order chi connectivity index (χ1) is 10.7. The van der Waals surface area contributed by atoms with Crippen molar-refractivity contribution in [3.05, 3.63) is 29.0 Å². The molecule has 2 rings (SSSR count). The van der Waals surface area contributed by atoms with Crippen molar-refractivity contribution in [1.82, 2.24) is 9.88 Å². The van der Waals surface area contributed by atoms with E-state index in [0.29, 0.717) is 29.7 Å². The molecule has 2 atom stereocenters. The number of ether oxygens (including phenoxy) is 1. The summed E-state index contributed by atoms with van der Waals surface area (Å²) in [5.74, 6) is 1.30. The average molecular weight is 359 g/mol. The van der Waals surface area contributed by atoms with Crippen molar-refractivity contribution in [1.29, 1.82) is 0 Å². The van der Waals surface area contributed by atoms with Crippen molar-refractivity contribution in [3.63, 3.8) is 0 Å². The van der Waals surface area contributed by atoms with E-state index >= 15 is 0 Å². The molecule has 1 aliphatic heterocycles. The number of rotatable bonds is 4. The van der Waals surface area contributed by atoms with E-state index in [1.165, 1.54) is 0 Å². The molecule has 1 fully saturated rings. The summed E-state index contributed by atoms with van der Waals surface area (Å²) in [6.45, 7) is 6.84. The van der Waals surface area contributed by atoms with Gasteiger partial charge in [-0.1, -0.05) is 17.7 Å². The van der Waals surface area contributed by atoms with Crippen molar-refractivity contribution in [2.45, 2.75) is 38.5 Å². The molecule has 0 bridgehead atoms. The Morgan fingerprint density at radius 1 is 1.48 bits per heavy atom. The minimum atomic E-state index is -0.977. The van der Waals surface area contributed by atoms with E-state index in [-0.39, 0.29) is 12.0 Å². The first-order valence-electron chi connectivity index (χ1n) is 7.66. The number of likely N-dealkylation sites (tertiary alicyclic amines) is 1. The standard InChI is InChI=1S/C16H23ClN2O3S/c1-16(2,3)22-15(20)19-7-6-13(9-19)11-23(21)10-12-4-5-14(17)18-8-12/h4-5,8,13H,6-7,9-11H2,1-3H3. The van der Waals surface area contributed by atoms with Gasteiger partial charge in [-0.25, -0.2) is 9.78 Å². The second kappa shape index (κ2) is 7.62. The van der Waals surface area contributed by atoms with Crippen LogP contribution >= 0.6 is 11.6 Å². The maximum atomic E-state index is 12.3. The van der Waals surface area contributed by atoms with Gasteiger partial charge < -0.3 is 9.64 Å². The van der Waals surface area contributed by atoms with Crippen LogP contribution in [0.4, 0.5) is 4.79 Å². The van der Waals surface area contributed by atoms with Crippen LogP contribution in [-0.4, -0.2) is 44.6 Å². The largest absolute Gasteiger partial charge is 0.444 e. The summed E-state index contributed by atoms with van der Waals surface area (Å²) in [4.78, 5) is 17.7. The summed E-state index contributed by atoms with van der Waals surface area (Å²) in [6.07, 6.45) is 2.24. The maximum absolute atomic E-state index is 12.3. The Balaban J connectivity index is 1.79. The van der Waals surface area contributed by atoms with Crippen LogP contribution in [0, 0.1) is 5.92 Å². The lowest BCUT2D eigenvalue weighted by Crippen LogP contribution is -2.35. The molecule has 7 heteroatoms. The molecular formula is C16H23ClN2O3S. The van der Waals surface area contributed by atoms with Crippen molar-refractivity contribution in [2.24, 2.45) is 5.92 Å². The topological polar surface area (TPSA) is 59.5 Å². The maximum Gasteiger partial charge on any atom is 0.410 e. The normalized spacial score (nSPS) is 19.7. The van der Waals surface area contributed by atoms with Crippen LogP contribution in [0.3, 0.4) is 0 Å². The number of aromatic nitrogens is 1. The second-order valence-corrected chi connectivity index (χ2v) is 8.71. The Bertz CT molecular complexity index is 572. The molecule has 0 spiro atoms. The summed E-state index contributed by atoms with van der Waals surface area (Å²) in [6, 6.07) is 3.54. The van der Waals surface area contributed by atoms with Crippen LogP contribution in [0.15, 0.2) is 18.3 Å². The van der Waals surface area contributed by atoms with Gasteiger partial charge in [0.15, 0.2) is 0 Å².